The predicted octanol–water partition coefficient (Wildman–Crippen LogP) is 4.09. The summed E-state index contributed by atoms with van der Waals surface area (Å²) in [4.78, 5) is 13.4. The van der Waals surface area contributed by atoms with Gasteiger partial charge in [0.25, 0.3) is 0 Å². The van der Waals surface area contributed by atoms with Gasteiger partial charge in [0.15, 0.2) is 11.5 Å². The zero-order chi connectivity index (χ0) is 17.1. The Balaban J connectivity index is 1.67. The van der Waals surface area contributed by atoms with E-state index in [0.717, 1.165) is 33.7 Å². The van der Waals surface area contributed by atoms with Gasteiger partial charge in [-0.2, -0.15) is 0 Å². The molecular weight excluding hydrogens is 378 g/mol. The number of benzene rings is 1. The van der Waals surface area contributed by atoms with Crippen LogP contribution in [0.2, 0.25) is 0 Å². The van der Waals surface area contributed by atoms with Crippen molar-refractivity contribution >= 4 is 27.4 Å². The third-order valence-electron chi connectivity index (χ3n) is 3.91. The van der Waals surface area contributed by atoms with Crippen LogP contribution in [-0.4, -0.2) is 19.4 Å². The summed E-state index contributed by atoms with van der Waals surface area (Å²) in [6.45, 7) is 0.649. The summed E-state index contributed by atoms with van der Waals surface area (Å²) in [7, 11) is 0. The van der Waals surface area contributed by atoms with Crippen LogP contribution in [0.3, 0.4) is 0 Å². The molecule has 5 nitrogen and oxygen atoms in total. The summed E-state index contributed by atoms with van der Waals surface area (Å²) >= 11 is 3.55. The highest BCUT2D eigenvalue weighted by Crippen LogP contribution is 2.21. The lowest BCUT2D eigenvalue weighted by Crippen LogP contribution is -2.07. The first-order valence-corrected chi connectivity index (χ1v) is 8.78. The smallest absolute Gasteiger partial charge is 0.181 e. The molecule has 0 aliphatic carbocycles. The van der Waals surface area contributed by atoms with Gasteiger partial charge < -0.3 is 5.32 Å². The highest BCUT2D eigenvalue weighted by Gasteiger charge is 2.11. The molecule has 1 aromatic carbocycles. The fraction of sp³-hybridized carbons (Fsp3) is 0.105. The van der Waals surface area contributed by atoms with Crippen LogP contribution >= 0.6 is 15.9 Å². The van der Waals surface area contributed by atoms with Crippen molar-refractivity contribution in [1.82, 2.24) is 19.4 Å². The SMILES string of the molecule is Brc1cnc2c(NCc3cccnc3)nc(Cc3ccccc3)cn12. The van der Waals surface area contributed by atoms with E-state index in [9.17, 15) is 0 Å². The van der Waals surface area contributed by atoms with E-state index in [1.165, 1.54) is 5.56 Å². The number of fused-ring (bicyclic) bond motifs is 1. The number of hydrogen-bond acceptors (Lipinski definition) is 4. The monoisotopic (exact) mass is 393 g/mol. The van der Waals surface area contributed by atoms with Gasteiger partial charge in [0, 0.05) is 31.6 Å². The number of imidazole rings is 1. The normalized spacial score (nSPS) is 10.9. The molecule has 4 aromatic rings. The van der Waals surface area contributed by atoms with Crippen molar-refractivity contribution in [2.75, 3.05) is 5.32 Å². The molecule has 0 bridgehead atoms. The molecule has 0 saturated carbocycles. The van der Waals surface area contributed by atoms with Crippen LogP contribution in [0.5, 0.6) is 0 Å². The van der Waals surface area contributed by atoms with Gasteiger partial charge in [-0.25, -0.2) is 9.97 Å². The molecule has 6 heteroatoms. The molecule has 0 radical (unpaired) electrons. The van der Waals surface area contributed by atoms with Crippen LogP contribution in [-0.2, 0) is 13.0 Å². The standard InChI is InChI=1S/C19H16BrN5/c20-17-12-23-19-18(22-11-15-7-4-8-21-10-15)24-16(13-25(17)19)9-14-5-2-1-3-6-14/h1-8,10,12-13H,9,11H2,(H,22,24). The minimum Gasteiger partial charge on any atom is -0.363 e. The van der Waals surface area contributed by atoms with Gasteiger partial charge >= 0.3 is 0 Å². The highest BCUT2D eigenvalue weighted by atomic mass is 79.9. The Morgan fingerprint density at radius 1 is 1.00 bits per heavy atom. The van der Waals surface area contributed by atoms with Gasteiger partial charge in [-0.15, -0.1) is 0 Å². The van der Waals surface area contributed by atoms with E-state index in [1.807, 2.05) is 47.1 Å². The van der Waals surface area contributed by atoms with E-state index in [4.69, 9.17) is 4.98 Å². The Morgan fingerprint density at radius 2 is 1.84 bits per heavy atom. The first-order chi connectivity index (χ1) is 12.3. The molecule has 0 atom stereocenters. The van der Waals surface area contributed by atoms with Gasteiger partial charge in [0.1, 0.15) is 4.60 Å². The minimum atomic E-state index is 0.649. The lowest BCUT2D eigenvalue weighted by atomic mass is 10.1. The van der Waals surface area contributed by atoms with Crippen LogP contribution in [0, 0.1) is 0 Å². The Kier molecular flexibility index (Phi) is 4.43. The molecule has 0 amide bonds. The summed E-state index contributed by atoms with van der Waals surface area (Å²) in [6.07, 6.45) is 8.20. The molecule has 1 N–H and O–H groups in total. The second-order valence-electron chi connectivity index (χ2n) is 5.73. The molecule has 0 unspecified atom stereocenters. The first kappa shape index (κ1) is 15.8. The highest BCUT2D eigenvalue weighted by molar-refractivity contribution is 9.10. The van der Waals surface area contributed by atoms with Gasteiger partial charge in [0.2, 0.25) is 0 Å². The molecule has 0 spiro atoms. The second kappa shape index (κ2) is 7.03. The Labute approximate surface area is 153 Å². The quantitative estimate of drug-likeness (QED) is 0.554. The fourth-order valence-corrected chi connectivity index (χ4v) is 3.08. The van der Waals surface area contributed by atoms with Crippen LogP contribution in [0.15, 0.2) is 71.9 Å². The van der Waals surface area contributed by atoms with E-state index in [0.29, 0.717) is 6.54 Å². The van der Waals surface area contributed by atoms with Crippen molar-refractivity contribution in [3.05, 3.63) is 88.7 Å². The molecule has 0 aliphatic heterocycles. The third-order valence-corrected chi connectivity index (χ3v) is 4.49. The number of pyridine rings is 1. The molecule has 0 fully saturated rings. The molecule has 0 saturated heterocycles. The summed E-state index contributed by atoms with van der Waals surface area (Å²) in [5.41, 5.74) is 4.10. The lowest BCUT2D eigenvalue weighted by molar-refractivity contribution is 0.980. The van der Waals surface area contributed by atoms with E-state index in [-0.39, 0.29) is 0 Å². The first-order valence-electron chi connectivity index (χ1n) is 7.99. The lowest BCUT2D eigenvalue weighted by Gasteiger charge is -2.10. The summed E-state index contributed by atoms with van der Waals surface area (Å²) in [6, 6.07) is 14.3. The maximum Gasteiger partial charge on any atom is 0.181 e. The fourth-order valence-electron chi connectivity index (χ4n) is 2.71. The van der Waals surface area contributed by atoms with E-state index < -0.39 is 0 Å². The molecule has 4 rings (SSSR count). The van der Waals surface area contributed by atoms with Crippen molar-refractivity contribution in [1.29, 1.82) is 0 Å². The third kappa shape index (κ3) is 3.53. The van der Waals surface area contributed by atoms with Gasteiger partial charge in [-0.1, -0.05) is 36.4 Å². The van der Waals surface area contributed by atoms with Crippen molar-refractivity contribution < 1.29 is 0 Å². The number of nitrogens with one attached hydrogen (secondary N) is 1. The van der Waals surface area contributed by atoms with Crippen molar-refractivity contribution in [2.24, 2.45) is 0 Å². The van der Waals surface area contributed by atoms with Crippen LogP contribution < -0.4 is 5.32 Å². The van der Waals surface area contributed by atoms with Crippen molar-refractivity contribution in [3.8, 4) is 0 Å². The van der Waals surface area contributed by atoms with Crippen molar-refractivity contribution in [2.45, 2.75) is 13.0 Å². The number of halogens is 1. The molecule has 25 heavy (non-hydrogen) atoms. The van der Waals surface area contributed by atoms with Crippen LogP contribution in [0.4, 0.5) is 5.82 Å². The van der Waals surface area contributed by atoms with Crippen LogP contribution in [0.25, 0.3) is 5.65 Å². The molecule has 3 heterocycles. The molecular formula is C19H16BrN5. The summed E-state index contributed by atoms with van der Waals surface area (Å²) < 4.78 is 2.92. The Hall–Kier alpha value is -2.73. The van der Waals surface area contributed by atoms with E-state index in [1.54, 1.807) is 12.4 Å². The Bertz CT molecular complexity index is 983. The molecule has 124 valence electrons. The van der Waals surface area contributed by atoms with Crippen molar-refractivity contribution in [3.63, 3.8) is 0 Å². The maximum atomic E-state index is 4.79. The maximum absolute atomic E-state index is 4.79. The predicted molar refractivity (Wildman–Crippen MR) is 101 cm³/mol. The number of aromatic nitrogens is 4. The van der Waals surface area contributed by atoms with E-state index in [2.05, 4.69) is 43.3 Å². The molecule has 3 aromatic heterocycles. The van der Waals surface area contributed by atoms with Gasteiger partial charge in [-0.05, 0) is 33.1 Å². The number of hydrogen-bond donors (Lipinski definition) is 1. The second-order valence-corrected chi connectivity index (χ2v) is 6.55. The minimum absolute atomic E-state index is 0.649. The summed E-state index contributed by atoms with van der Waals surface area (Å²) in [5, 5.41) is 3.39. The Morgan fingerprint density at radius 3 is 2.64 bits per heavy atom. The summed E-state index contributed by atoms with van der Waals surface area (Å²) in [5.74, 6) is 0.767. The average molecular weight is 394 g/mol. The number of nitrogens with zero attached hydrogens (tertiary/aromatic N) is 4. The topological polar surface area (TPSA) is 55.1 Å². The molecule has 0 aliphatic rings. The number of anilines is 1. The van der Waals surface area contributed by atoms with Crippen LogP contribution in [0.1, 0.15) is 16.8 Å². The zero-order valence-corrected chi connectivity index (χ0v) is 15.0. The van der Waals surface area contributed by atoms with E-state index >= 15 is 0 Å². The average Bonchev–Trinajstić information content (AvgIpc) is 3.03. The van der Waals surface area contributed by atoms with Gasteiger partial charge in [0.05, 0.1) is 11.9 Å². The largest absolute Gasteiger partial charge is 0.363 e. The number of rotatable bonds is 5. The zero-order valence-electron chi connectivity index (χ0n) is 13.4. The van der Waals surface area contributed by atoms with Gasteiger partial charge in [-0.3, -0.25) is 9.38 Å².